The van der Waals surface area contributed by atoms with Gasteiger partial charge in [-0.25, -0.2) is 4.79 Å². The van der Waals surface area contributed by atoms with E-state index in [2.05, 4.69) is 9.69 Å². The Bertz CT molecular complexity index is 568. The van der Waals surface area contributed by atoms with Crippen molar-refractivity contribution in [2.24, 2.45) is 0 Å². The molecule has 0 unspecified atom stereocenters. The van der Waals surface area contributed by atoms with E-state index in [1.807, 2.05) is 12.1 Å². The largest absolute Gasteiger partial charge is 0.478 e. The van der Waals surface area contributed by atoms with Crippen LogP contribution >= 0.6 is 23.1 Å². The molecule has 0 spiro atoms. The first kappa shape index (κ1) is 11.9. The summed E-state index contributed by atoms with van der Waals surface area (Å²) in [6, 6.07) is 7.15. The monoisotopic (exact) mass is 268 g/mol. The number of aryl methyl sites for hydroxylation is 1. The van der Waals surface area contributed by atoms with E-state index in [-0.39, 0.29) is 5.56 Å². The van der Waals surface area contributed by atoms with Crippen LogP contribution in [0.4, 0.5) is 10.7 Å². The standard InChI is InChI=1S/C11H9ClN2O2S/c1-6-9(11(15)16)10(17-14-6)13-8-5-3-2-4-7(8)12/h2-5,13H,1H3,(H,15,16). The molecule has 2 aromatic rings. The normalized spacial score (nSPS) is 10.2. The topological polar surface area (TPSA) is 62.2 Å². The fourth-order valence-electron chi connectivity index (χ4n) is 1.39. The van der Waals surface area contributed by atoms with Gasteiger partial charge >= 0.3 is 5.97 Å². The maximum Gasteiger partial charge on any atom is 0.340 e. The third-order valence-electron chi connectivity index (χ3n) is 2.20. The lowest BCUT2D eigenvalue weighted by molar-refractivity contribution is 0.0697. The fraction of sp³-hybridized carbons (Fsp3) is 0.0909. The minimum Gasteiger partial charge on any atom is -0.478 e. The molecule has 1 aromatic carbocycles. The van der Waals surface area contributed by atoms with Gasteiger partial charge in [0.15, 0.2) is 0 Å². The van der Waals surface area contributed by atoms with Crippen LogP contribution in [0.2, 0.25) is 5.02 Å². The Morgan fingerprint density at radius 1 is 1.47 bits per heavy atom. The predicted molar refractivity (Wildman–Crippen MR) is 68.5 cm³/mol. The number of carboxylic acid groups (broad SMARTS) is 1. The lowest BCUT2D eigenvalue weighted by Gasteiger charge is -2.06. The van der Waals surface area contributed by atoms with E-state index >= 15 is 0 Å². The Morgan fingerprint density at radius 3 is 2.82 bits per heavy atom. The summed E-state index contributed by atoms with van der Waals surface area (Å²) >= 11 is 7.09. The molecule has 0 aliphatic carbocycles. The van der Waals surface area contributed by atoms with E-state index in [9.17, 15) is 4.79 Å². The second kappa shape index (κ2) is 4.73. The van der Waals surface area contributed by atoms with Crippen LogP contribution in [0, 0.1) is 6.92 Å². The zero-order valence-corrected chi connectivity index (χ0v) is 10.5. The van der Waals surface area contributed by atoms with Crippen LogP contribution in [0.3, 0.4) is 0 Å². The van der Waals surface area contributed by atoms with E-state index in [1.165, 1.54) is 0 Å². The number of hydrogen-bond acceptors (Lipinski definition) is 4. The summed E-state index contributed by atoms with van der Waals surface area (Å²) in [5, 5.41) is 13.1. The smallest absolute Gasteiger partial charge is 0.340 e. The molecular weight excluding hydrogens is 260 g/mol. The average molecular weight is 269 g/mol. The highest BCUT2D eigenvalue weighted by Gasteiger charge is 2.17. The summed E-state index contributed by atoms with van der Waals surface area (Å²) in [7, 11) is 0. The average Bonchev–Trinajstić information content (AvgIpc) is 2.63. The Labute approximate surface area is 107 Å². The summed E-state index contributed by atoms with van der Waals surface area (Å²) in [6.07, 6.45) is 0. The van der Waals surface area contributed by atoms with Crippen molar-refractivity contribution >= 4 is 39.8 Å². The Hall–Kier alpha value is -1.59. The van der Waals surface area contributed by atoms with Crippen LogP contribution in [0.5, 0.6) is 0 Å². The van der Waals surface area contributed by atoms with E-state index in [0.29, 0.717) is 21.4 Å². The number of hydrogen-bond donors (Lipinski definition) is 2. The summed E-state index contributed by atoms with van der Waals surface area (Å²) in [5.74, 6) is -0.995. The van der Waals surface area contributed by atoms with E-state index in [4.69, 9.17) is 16.7 Å². The quantitative estimate of drug-likeness (QED) is 0.894. The molecule has 88 valence electrons. The van der Waals surface area contributed by atoms with Crippen molar-refractivity contribution in [3.63, 3.8) is 0 Å². The van der Waals surface area contributed by atoms with Crippen molar-refractivity contribution in [2.45, 2.75) is 6.92 Å². The molecule has 0 fully saturated rings. The predicted octanol–water partition coefficient (Wildman–Crippen LogP) is 3.55. The number of para-hydroxylation sites is 1. The number of rotatable bonds is 3. The van der Waals surface area contributed by atoms with Gasteiger partial charge in [0.25, 0.3) is 0 Å². The molecule has 0 saturated heterocycles. The second-order valence-electron chi connectivity index (χ2n) is 3.38. The van der Waals surface area contributed by atoms with Crippen LogP contribution in [0.15, 0.2) is 24.3 Å². The van der Waals surface area contributed by atoms with Crippen LogP contribution in [0.25, 0.3) is 0 Å². The Morgan fingerprint density at radius 2 is 2.18 bits per heavy atom. The number of carboxylic acids is 1. The SMILES string of the molecule is Cc1nsc(Nc2ccccc2Cl)c1C(=O)O. The highest BCUT2D eigenvalue weighted by molar-refractivity contribution is 7.10. The van der Waals surface area contributed by atoms with Crippen molar-refractivity contribution in [3.05, 3.63) is 40.5 Å². The van der Waals surface area contributed by atoms with Gasteiger partial charge in [0.2, 0.25) is 0 Å². The van der Waals surface area contributed by atoms with Crippen molar-refractivity contribution in [3.8, 4) is 0 Å². The second-order valence-corrected chi connectivity index (χ2v) is 4.56. The highest BCUT2D eigenvalue weighted by Crippen LogP contribution is 2.31. The third-order valence-corrected chi connectivity index (χ3v) is 3.38. The molecule has 2 N–H and O–H groups in total. The molecular formula is C11H9ClN2O2S. The van der Waals surface area contributed by atoms with Gasteiger partial charge in [-0.15, -0.1) is 0 Å². The number of halogens is 1. The van der Waals surface area contributed by atoms with Crippen LogP contribution in [-0.4, -0.2) is 15.4 Å². The maximum atomic E-state index is 11.1. The van der Waals surface area contributed by atoms with Gasteiger partial charge in [-0.05, 0) is 30.6 Å². The molecule has 0 aliphatic heterocycles. The number of aromatic carboxylic acids is 1. The summed E-state index contributed by atoms with van der Waals surface area (Å²) in [4.78, 5) is 11.1. The summed E-state index contributed by atoms with van der Waals surface area (Å²) in [6.45, 7) is 1.66. The van der Waals surface area contributed by atoms with E-state index in [0.717, 1.165) is 11.5 Å². The van der Waals surface area contributed by atoms with Gasteiger partial charge in [-0.3, -0.25) is 0 Å². The van der Waals surface area contributed by atoms with E-state index < -0.39 is 5.97 Å². The van der Waals surface area contributed by atoms with Gasteiger partial charge in [-0.1, -0.05) is 23.7 Å². The molecule has 6 heteroatoms. The first-order chi connectivity index (χ1) is 8.09. The van der Waals surface area contributed by atoms with Crippen molar-refractivity contribution in [1.29, 1.82) is 0 Å². The van der Waals surface area contributed by atoms with Crippen LogP contribution in [-0.2, 0) is 0 Å². The number of nitrogens with zero attached hydrogens (tertiary/aromatic N) is 1. The van der Waals surface area contributed by atoms with Crippen molar-refractivity contribution in [2.75, 3.05) is 5.32 Å². The molecule has 0 saturated carbocycles. The zero-order chi connectivity index (χ0) is 12.4. The molecule has 1 aromatic heterocycles. The first-order valence-electron chi connectivity index (χ1n) is 4.80. The molecule has 0 bridgehead atoms. The van der Waals surface area contributed by atoms with Crippen LogP contribution < -0.4 is 5.32 Å². The van der Waals surface area contributed by atoms with Gasteiger partial charge in [0.1, 0.15) is 10.6 Å². The first-order valence-corrected chi connectivity index (χ1v) is 5.96. The molecule has 1 heterocycles. The van der Waals surface area contributed by atoms with Gasteiger partial charge < -0.3 is 10.4 Å². The van der Waals surface area contributed by atoms with E-state index in [1.54, 1.807) is 19.1 Å². The third kappa shape index (κ3) is 2.40. The summed E-state index contributed by atoms with van der Waals surface area (Å²) in [5.41, 5.74) is 1.35. The number of benzene rings is 1. The van der Waals surface area contributed by atoms with Crippen molar-refractivity contribution < 1.29 is 9.90 Å². The Balaban J connectivity index is 2.37. The number of anilines is 2. The van der Waals surface area contributed by atoms with Crippen LogP contribution in [0.1, 0.15) is 16.1 Å². The number of aromatic nitrogens is 1. The molecule has 0 aliphatic rings. The molecule has 0 radical (unpaired) electrons. The summed E-state index contributed by atoms with van der Waals surface area (Å²) < 4.78 is 4.02. The lowest BCUT2D eigenvalue weighted by atomic mass is 10.2. The minimum absolute atomic E-state index is 0.190. The van der Waals surface area contributed by atoms with Gasteiger partial charge in [-0.2, -0.15) is 4.37 Å². The molecule has 0 atom stereocenters. The molecule has 4 nitrogen and oxygen atoms in total. The molecule has 0 amide bonds. The molecule has 17 heavy (non-hydrogen) atoms. The number of nitrogens with one attached hydrogen (secondary N) is 1. The molecule has 2 rings (SSSR count). The minimum atomic E-state index is -0.995. The maximum absolute atomic E-state index is 11.1. The zero-order valence-electron chi connectivity index (χ0n) is 8.90. The fourth-order valence-corrected chi connectivity index (χ4v) is 2.38. The lowest BCUT2D eigenvalue weighted by Crippen LogP contribution is -2.01. The van der Waals surface area contributed by atoms with Gasteiger partial charge in [0, 0.05) is 0 Å². The number of carbonyl (C=O) groups is 1. The Kier molecular flexibility index (Phi) is 3.31. The van der Waals surface area contributed by atoms with Crippen molar-refractivity contribution in [1.82, 2.24) is 4.37 Å². The highest BCUT2D eigenvalue weighted by atomic mass is 35.5. The van der Waals surface area contributed by atoms with Gasteiger partial charge in [0.05, 0.1) is 16.4 Å².